The minimum absolute atomic E-state index is 0.0740. The summed E-state index contributed by atoms with van der Waals surface area (Å²) in [5.41, 5.74) is 0.906. The number of carbonyl (C=O) groups is 2. The number of hydrogen-bond acceptors (Lipinski definition) is 4. The van der Waals surface area contributed by atoms with E-state index in [1.165, 1.54) is 36.4 Å². The molecular formula is C24H15Cl2F2NO3S. The van der Waals surface area contributed by atoms with Crippen LogP contribution < -0.4 is 4.74 Å². The predicted octanol–water partition coefficient (Wildman–Crippen LogP) is 7.09. The Balaban J connectivity index is 1.50. The first-order valence-corrected chi connectivity index (χ1v) is 11.2. The molecule has 3 aromatic rings. The lowest BCUT2D eigenvalue weighted by Gasteiger charge is -2.14. The summed E-state index contributed by atoms with van der Waals surface area (Å²) in [5.74, 6) is -1.18. The number of ether oxygens (including phenoxy) is 1. The van der Waals surface area contributed by atoms with Crippen molar-refractivity contribution >= 4 is 52.2 Å². The Hall–Kier alpha value is -2.87. The van der Waals surface area contributed by atoms with Crippen LogP contribution in [0.15, 0.2) is 65.6 Å². The lowest BCUT2D eigenvalue weighted by Crippen LogP contribution is -2.28. The summed E-state index contributed by atoms with van der Waals surface area (Å²) >= 11 is 12.8. The molecule has 9 heteroatoms. The zero-order valence-electron chi connectivity index (χ0n) is 16.9. The number of nitrogens with zero attached hydrogens (tertiary/aromatic N) is 1. The minimum Gasteiger partial charge on any atom is -0.489 e. The molecule has 0 N–H and O–H groups in total. The van der Waals surface area contributed by atoms with E-state index in [2.05, 4.69) is 0 Å². The van der Waals surface area contributed by atoms with Gasteiger partial charge in [-0.15, -0.1) is 0 Å². The fourth-order valence-corrected chi connectivity index (χ4v) is 4.43. The third kappa shape index (κ3) is 5.21. The van der Waals surface area contributed by atoms with Gasteiger partial charge in [0.05, 0.1) is 16.5 Å². The third-order valence-corrected chi connectivity index (χ3v) is 6.47. The van der Waals surface area contributed by atoms with Crippen molar-refractivity contribution in [3.05, 3.63) is 104 Å². The molecule has 0 radical (unpaired) electrons. The smallest absolute Gasteiger partial charge is 0.293 e. The van der Waals surface area contributed by atoms with E-state index in [1.54, 1.807) is 30.3 Å². The summed E-state index contributed by atoms with van der Waals surface area (Å²) in [6, 6.07) is 15.3. The molecular weight excluding hydrogens is 491 g/mol. The highest BCUT2D eigenvalue weighted by Crippen LogP contribution is 2.35. The standard InChI is InChI=1S/C24H15Cl2F2NO3S/c25-18-6-2-8-20(27)16(18)12-29-23(30)22(33-24(29)31)11-14-4-1-5-15(10-14)32-13-17-19(26)7-3-9-21(17)28/h1-11H,12-13H2/b22-11+. The Bertz CT molecular complexity index is 1240. The van der Waals surface area contributed by atoms with E-state index in [-0.39, 0.29) is 39.2 Å². The maximum atomic E-state index is 14.1. The summed E-state index contributed by atoms with van der Waals surface area (Å²) in [7, 11) is 0. The average Bonchev–Trinajstić information content (AvgIpc) is 3.03. The van der Waals surface area contributed by atoms with Gasteiger partial charge in [-0.2, -0.15) is 0 Å². The van der Waals surface area contributed by atoms with Gasteiger partial charge in [-0.25, -0.2) is 8.78 Å². The largest absolute Gasteiger partial charge is 0.489 e. The number of imide groups is 1. The van der Waals surface area contributed by atoms with E-state index in [4.69, 9.17) is 27.9 Å². The summed E-state index contributed by atoms with van der Waals surface area (Å²) in [6.07, 6.45) is 1.54. The van der Waals surface area contributed by atoms with Crippen molar-refractivity contribution in [1.82, 2.24) is 4.90 Å². The lowest BCUT2D eigenvalue weighted by molar-refractivity contribution is -0.123. The Labute approximate surface area is 202 Å². The predicted molar refractivity (Wildman–Crippen MR) is 125 cm³/mol. The number of thioether (sulfide) groups is 1. The first-order valence-electron chi connectivity index (χ1n) is 9.67. The number of halogens is 4. The van der Waals surface area contributed by atoms with E-state index in [0.29, 0.717) is 11.3 Å². The molecule has 1 fully saturated rings. The molecule has 0 unspecified atom stereocenters. The molecule has 0 saturated carbocycles. The van der Waals surface area contributed by atoms with Gasteiger partial charge in [0.15, 0.2) is 0 Å². The van der Waals surface area contributed by atoms with Gasteiger partial charge in [-0.05, 0) is 59.8 Å². The summed E-state index contributed by atoms with van der Waals surface area (Å²) in [6.45, 7) is -0.338. The van der Waals surface area contributed by atoms with Gasteiger partial charge >= 0.3 is 0 Å². The Morgan fingerprint density at radius 3 is 2.21 bits per heavy atom. The molecule has 168 valence electrons. The van der Waals surface area contributed by atoms with Crippen molar-refractivity contribution in [3.8, 4) is 5.75 Å². The van der Waals surface area contributed by atoms with Crippen molar-refractivity contribution in [2.24, 2.45) is 0 Å². The molecule has 1 heterocycles. The quantitative estimate of drug-likeness (QED) is 0.335. The normalized spacial score (nSPS) is 14.9. The maximum absolute atomic E-state index is 14.1. The van der Waals surface area contributed by atoms with E-state index in [0.717, 1.165) is 16.7 Å². The number of carbonyl (C=O) groups excluding carboxylic acids is 2. The molecule has 0 aliphatic carbocycles. The monoisotopic (exact) mass is 505 g/mol. The Morgan fingerprint density at radius 2 is 1.55 bits per heavy atom. The fraction of sp³-hybridized carbons (Fsp3) is 0.0833. The SMILES string of the molecule is O=C1S/C(=C/c2cccc(OCc3c(F)cccc3Cl)c2)C(=O)N1Cc1c(F)cccc1Cl. The molecule has 0 atom stereocenters. The second-order valence-corrected chi connectivity index (χ2v) is 8.84. The first kappa shape index (κ1) is 23.3. The highest BCUT2D eigenvalue weighted by Gasteiger charge is 2.35. The first-order chi connectivity index (χ1) is 15.8. The summed E-state index contributed by atoms with van der Waals surface area (Å²) < 4.78 is 33.7. The van der Waals surface area contributed by atoms with Crippen LogP contribution in [-0.2, 0) is 17.9 Å². The zero-order valence-corrected chi connectivity index (χ0v) is 19.2. The van der Waals surface area contributed by atoms with Crippen LogP contribution in [0, 0.1) is 11.6 Å². The second kappa shape index (κ2) is 9.95. The van der Waals surface area contributed by atoms with Gasteiger partial charge in [0, 0.05) is 16.1 Å². The van der Waals surface area contributed by atoms with Gasteiger partial charge in [0.2, 0.25) is 0 Å². The van der Waals surface area contributed by atoms with Crippen LogP contribution >= 0.6 is 35.0 Å². The van der Waals surface area contributed by atoms with Gasteiger partial charge in [-0.1, -0.05) is 47.5 Å². The molecule has 4 nitrogen and oxygen atoms in total. The highest BCUT2D eigenvalue weighted by atomic mass is 35.5. The Morgan fingerprint density at radius 1 is 0.909 bits per heavy atom. The highest BCUT2D eigenvalue weighted by molar-refractivity contribution is 8.18. The number of rotatable bonds is 6. The van der Waals surface area contributed by atoms with Crippen molar-refractivity contribution in [3.63, 3.8) is 0 Å². The van der Waals surface area contributed by atoms with E-state index in [1.807, 2.05) is 0 Å². The fourth-order valence-electron chi connectivity index (χ4n) is 3.15. The van der Waals surface area contributed by atoms with Gasteiger partial charge < -0.3 is 4.74 Å². The molecule has 1 aliphatic heterocycles. The van der Waals surface area contributed by atoms with Crippen molar-refractivity contribution in [1.29, 1.82) is 0 Å². The van der Waals surface area contributed by atoms with Crippen LogP contribution in [0.1, 0.15) is 16.7 Å². The summed E-state index contributed by atoms with van der Waals surface area (Å²) in [5, 5.41) is -0.125. The summed E-state index contributed by atoms with van der Waals surface area (Å²) in [4.78, 5) is 26.3. The van der Waals surface area contributed by atoms with Crippen LogP contribution in [0.3, 0.4) is 0 Å². The van der Waals surface area contributed by atoms with E-state index < -0.39 is 22.8 Å². The van der Waals surface area contributed by atoms with Crippen molar-refractivity contribution in [2.45, 2.75) is 13.2 Å². The van der Waals surface area contributed by atoms with Crippen molar-refractivity contribution < 1.29 is 23.1 Å². The third-order valence-electron chi connectivity index (χ3n) is 4.85. The van der Waals surface area contributed by atoms with Gasteiger partial charge in [0.1, 0.15) is 24.0 Å². The number of hydrogen-bond donors (Lipinski definition) is 0. The van der Waals surface area contributed by atoms with Gasteiger partial charge in [0.25, 0.3) is 11.1 Å². The van der Waals surface area contributed by atoms with E-state index >= 15 is 0 Å². The molecule has 33 heavy (non-hydrogen) atoms. The van der Waals surface area contributed by atoms with Crippen LogP contribution in [0.5, 0.6) is 5.75 Å². The lowest BCUT2D eigenvalue weighted by atomic mass is 10.1. The van der Waals surface area contributed by atoms with Crippen molar-refractivity contribution in [2.75, 3.05) is 0 Å². The molecule has 4 rings (SSSR count). The molecule has 1 saturated heterocycles. The molecule has 2 amide bonds. The van der Waals surface area contributed by atoms with E-state index in [9.17, 15) is 18.4 Å². The minimum atomic E-state index is -0.592. The van der Waals surface area contributed by atoms with Crippen LogP contribution in [0.4, 0.5) is 13.6 Å². The van der Waals surface area contributed by atoms with Gasteiger partial charge in [-0.3, -0.25) is 14.5 Å². The molecule has 1 aliphatic rings. The number of amides is 2. The van der Waals surface area contributed by atoms with Crippen LogP contribution in [-0.4, -0.2) is 16.0 Å². The topological polar surface area (TPSA) is 46.6 Å². The molecule has 3 aromatic carbocycles. The average molecular weight is 506 g/mol. The van der Waals surface area contributed by atoms with Crippen LogP contribution in [0.2, 0.25) is 10.0 Å². The molecule has 0 bridgehead atoms. The second-order valence-electron chi connectivity index (χ2n) is 7.03. The van der Waals surface area contributed by atoms with Crippen LogP contribution in [0.25, 0.3) is 6.08 Å². The molecule has 0 aromatic heterocycles. The molecule has 0 spiro atoms. The maximum Gasteiger partial charge on any atom is 0.293 e. The zero-order chi connectivity index (χ0) is 23.5. The number of benzene rings is 3. The Kier molecular flexibility index (Phi) is 7.02.